The Morgan fingerprint density at radius 3 is 2.74 bits per heavy atom. The second-order valence-electron chi connectivity index (χ2n) is 7.20. The van der Waals surface area contributed by atoms with Crippen molar-refractivity contribution in [1.82, 2.24) is 15.1 Å². The average molecular weight is 443 g/mol. The van der Waals surface area contributed by atoms with Crippen LogP contribution in [0.1, 0.15) is 39.3 Å². The fourth-order valence-electron chi connectivity index (χ4n) is 3.76. The van der Waals surface area contributed by atoms with Gasteiger partial charge >= 0.3 is 0 Å². The first kappa shape index (κ1) is 21.2. The maximum atomic E-state index is 13.0. The van der Waals surface area contributed by atoms with Crippen LogP contribution < -0.4 is 14.8 Å². The van der Waals surface area contributed by atoms with Gasteiger partial charge in [0.2, 0.25) is 5.01 Å². The van der Waals surface area contributed by atoms with Crippen LogP contribution in [0.5, 0.6) is 11.5 Å². The van der Waals surface area contributed by atoms with E-state index in [0.717, 1.165) is 41.5 Å². The lowest BCUT2D eigenvalue weighted by atomic mass is 10.0. The van der Waals surface area contributed by atoms with Crippen LogP contribution in [0.2, 0.25) is 0 Å². The van der Waals surface area contributed by atoms with E-state index in [4.69, 9.17) is 9.47 Å². The molecule has 1 amide bonds. The molecule has 1 aliphatic rings. The number of nitrogens with zero attached hydrogens (tertiary/aromatic N) is 3. The van der Waals surface area contributed by atoms with Crippen molar-refractivity contribution in [2.45, 2.75) is 25.4 Å². The van der Waals surface area contributed by atoms with Crippen molar-refractivity contribution in [3.63, 3.8) is 0 Å². The number of ether oxygens (including phenoxy) is 2. The van der Waals surface area contributed by atoms with E-state index in [2.05, 4.69) is 20.4 Å². The van der Waals surface area contributed by atoms with E-state index in [1.807, 2.05) is 18.2 Å². The molecule has 3 aromatic rings. The first-order valence-electron chi connectivity index (χ1n) is 9.92. The number of benzene rings is 2. The van der Waals surface area contributed by atoms with Crippen LogP contribution in [0.4, 0.5) is 10.1 Å². The lowest BCUT2D eigenvalue weighted by Crippen LogP contribution is -2.23. The van der Waals surface area contributed by atoms with Gasteiger partial charge in [0.1, 0.15) is 22.3 Å². The van der Waals surface area contributed by atoms with Crippen molar-refractivity contribution in [3.8, 4) is 11.5 Å². The summed E-state index contributed by atoms with van der Waals surface area (Å²) in [5.74, 6) is 0.842. The summed E-state index contributed by atoms with van der Waals surface area (Å²) in [6.45, 7) is 1.53. The Balaban J connectivity index is 1.45. The molecule has 0 unspecified atom stereocenters. The van der Waals surface area contributed by atoms with Crippen LogP contribution >= 0.6 is 11.3 Å². The Hall–Kier alpha value is -3.04. The molecule has 162 valence electrons. The molecule has 2 aromatic carbocycles. The largest absolute Gasteiger partial charge is 0.497 e. The van der Waals surface area contributed by atoms with Gasteiger partial charge in [-0.1, -0.05) is 17.4 Å². The standard InChI is InChI=1S/C22H23FN4O3S/c1-29-16-9-10-17(19(12-16)30-2)18-4-3-11-27(18)13-20-25-26-22(31-20)21(28)24-15-7-5-14(23)6-8-15/h5-10,12,18H,3-4,11,13H2,1-2H3,(H,24,28)/t18-/m1/s1. The molecule has 9 heteroatoms. The number of hydrogen-bond donors (Lipinski definition) is 1. The summed E-state index contributed by atoms with van der Waals surface area (Å²) in [4.78, 5) is 14.8. The average Bonchev–Trinajstić information content (AvgIpc) is 3.45. The summed E-state index contributed by atoms with van der Waals surface area (Å²) in [6.07, 6.45) is 2.08. The molecular formula is C22H23FN4O3S. The number of hydrogen-bond acceptors (Lipinski definition) is 7. The Bertz CT molecular complexity index is 1060. The zero-order valence-corrected chi connectivity index (χ0v) is 18.1. The van der Waals surface area contributed by atoms with Crippen molar-refractivity contribution < 1.29 is 18.7 Å². The number of methoxy groups -OCH3 is 2. The first-order valence-corrected chi connectivity index (χ1v) is 10.7. The van der Waals surface area contributed by atoms with Gasteiger partial charge in [-0.3, -0.25) is 9.69 Å². The molecule has 7 nitrogen and oxygen atoms in total. The van der Waals surface area contributed by atoms with Gasteiger partial charge in [0.05, 0.1) is 20.8 Å². The van der Waals surface area contributed by atoms with Crippen LogP contribution in [0, 0.1) is 5.82 Å². The molecule has 0 saturated carbocycles. The summed E-state index contributed by atoms with van der Waals surface area (Å²) in [5, 5.41) is 12.0. The molecule has 0 radical (unpaired) electrons. The van der Waals surface area contributed by atoms with E-state index in [1.165, 1.54) is 35.6 Å². The molecule has 1 saturated heterocycles. The van der Waals surface area contributed by atoms with Crippen LogP contribution in [0.25, 0.3) is 0 Å². The summed E-state index contributed by atoms with van der Waals surface area (Å²) >= 11 is 1.26. The second kappa shape index (κ2) is 9.40. The maximum absolute atomic E-state index is 13.0. The van der Waals surface area contributed by atoms with Crippen molar-refractivity contribution >= 4 is 22.9 Å². The highest BCUT2D eigenvalue weighted by molar-refractivity contribution is 7.13. The Morgan fingerprint density at radius 2 is 2.00 bits per heavy atom. The van der Waals surface area contributed by atoms with Gasteiger partial charge in [-0.2, -0.15) is 0 Å². The normalized spacial score (nSPS) is 16.3. The van der Waals surface area contributed by atoms with Crippen molar-refractivity contribution in [2.24, 2.45) is 0 Å². The zero-order chi connectivity index (χ0) is 21.8. The molecule has 1 N–H and O–H groups in total. The number of halogens is 1. The molecule has 2 heterocycles. The second-order valence-corrected chi connectivity index (χ2v) is 8.26. The van der Waals surface area contributed by atoms with Crippen molar-refractivity contribution in [3.05, 3.63) is 63.9 Å². The molecule has 1 aromatic heterocycles. The molecule has 4 rings (SSSR count). The van der Waals surface area contributed by atoms with Crippen LogP contribution in [-0.2, 0) is 6.54 Å². The first-order chi connectivity index (χ1) is 15.1. The number of carbonyl (C=O) groups excluding carboxylic acids is 1. The number of aromatic nitrogens is 2. The van der Waals surface area contributed by atoms with E-state index < -0.39 is 0 Å². The Labute approximate surface area is 183 Å². The fourth-order valence-corrected chi connectivity index (χ4v) is 4.52. The van der Waals surface area contributed by atoms with Gasteiger partial charge in [-0.05, 0) is 49.7 Å². The van der Waals surface area contributed by atoms with Gasteiger partial charge in [-0.15, -0.1) is 10.2 Å². The highest BCUT2D eigenvalue weighted by Crippen LogP contribution is 2.39. The number of rotatable bonds is 7. The van der Waals surface area contributed by atoms with Crippen LogP contribution in [0.3, 0.4) is 0 Å². The van der Waals surface area contributed by atoms with Crippen LogP contribution in [-0.4, -0.2) is 41.8 Å². The van der Waals surface area contributed by atoms with E-state index >= 15 is 0 Å². The molecule has 0 spiro atoms. The molecule has 1 atom stereocenters. The van der Waals surface area contributed by atoms with Gasteiger partial charge in [0.25, 0.3) is 5.91 Å². The Morgan fingerprint density at radius 1 is 1.19 bits per heavy atom. The quantitative estimate of drug-likeness (QED) is 0.589. The third-order valence-corrected chi connectivity index (χ3v) is 6.17. The van der Waals surface area contributed by atoms with Crippen molar-refractivity contribution in [2.75, 3.05) is 26.1 Å². The summed E-state index contributed by atoms with van der Waals surface area (Å²) in [6, 6.07) is 11.7. The van der Waals surface area contributed by atoms with E-state index in [9.17, 15) is 9.18 Å². The Kier molecular flexibility index (Phi) is 6.43. The number of likely N-dealkylation sites (tertiary alicyclic amines) is 1. The maximum Gasteiger partial charge on any atom is 0.286 e. The monoisotopic (exact) mass is 442 g/mol. The summed E-state index contributed by atoms with van der Waals surface area (Å²) in [5.41, 5.74) is 1.62. The highest BCUT2D eigenvalue weighted by Gasteiger charge is 2.29. The SMILES string of the molecule is COc1ccc([C@H]2CCCN2Cc2nnc(C(=O)Nc3ccc(F)cc3)s2)c(OC)c1. The molecule has 1 aliphatic heterocycles. The minimum Gasteiger partial charge on any atom is -0.497 e. The topological polar surface area (TPSA) is 76.6 Å². The highest BCUT2D eigenvalue weighted by atomic mass is 32.1. The minimum atomic E-state index is -0.357. The number of nitrogens with one attached hydrogen (secondary N) is 1. The number of amides is 1. The smallest absolute Gasteiger partial charge is 0.286 e. The minimum absolute atomic E-state index is 0.196. The van der Waals surface area contributed by atoms with E-state index in [-0.39, 0.29) is 22.8 Å². The number of carbonyl (C=O) groups is 1. The van der Waals surface area contributed by atoms with Gasteiger partial charge in [-0.25, -0.2) is 4.39 Å². The molecular weight excluding hydrogens is 419 g/mol. The molecule has 1 fully saturated rings. The van der Waals surface area contributed by atoms with Crippen LogP contribution in [0.15, 0.2) is 42.5 Å². The fraction of sp³-hybridized carbons (Fsp3) is 0.318. The zero-order valence-electron chi connectivity index (χ0n) is 17.3. The summed E-state index contributed by atoms with van der Waals surface area (Å²) < 4.78 is 23.9. The lowest BCUT2D eigenvalue weighted by molar-refractivity contribution is 0.102. The molecule has 0 bridgehead atoms. The van der Waals surface area contributed by atoms with E-state index in [0.29, 0.717) is 12.2 Å². The third kappa shape index (κ3) is 4.83. The van der Waals surface area contributed by atoms with Gasteiger partial charge in [0.15, 0.2) is 0 Å². The van der Waals surface area contributed by atoms with Gasteiger partial charge in [0, 0.05) is 23.4 Å². The van der Waals surface area contributed by atoms with E-state index in [1.54, 1.807) is 14.2 Å². The molecule has 31 heavy (non-hydrogen) atoms. The third-order valence-electron chi connectivity index (χ3n) is 5.26. The van der Waals surface area contributed by atoms with Crippen molar-refractivity contribution in [1.29, 1.82) is 0 Å². The van der Waals surface area contributed by atoms with Gasteiger partial charge < -0.3 is 14.8 Å². The predicted octanol–water partition coefficient (Wildman–Crippen LogP) is 4.28. The number of anilines is 1. The molecule has 0 aliphatic carbocycles. The summed E-state index contributed by atoms with van der Waals surface area (Å²) in [7, 11) is 3.30. The lowest BCUT2D eigenvalue weighted by Gasteiger charge is -2.25. The predicted molar refractivity (Wildman–Crippen MR) is 116 cm³/mol.